The van der Waals surface area contributed by atoms with E-state index in [0.717, 1.165) is 122 Å². The van der Waals surface area contributed by atoms with Crippen molar-refractivity contribution in [2.24, 2.45) is 0 Å². The molecule has 0 spiro atoms. The topological polar surface area (TPSA) is 78.9 Å². The molecular weight excluding hydrogens is 865 g/mol. The monoisotopic (exact) mass is 971 g/mol. The highest BCUT2D eigenvalue weighted by molar-refractivity contribution is 5.71. The van der Waals surface area contributed by atoms with Crippen LogP contribution in [0.5, 0.6) is 0 Å². The Bertz CT molecular complexity index is 1440. The average molecular weight is 972 g/mol. The Morgan fingerprint density at radius 3 is 0.871 bits per heavy atom. The Labute approximate surface area is 431 Å². The zero-order chi connectivity index (χ0) is 50.7. The van der Waals surface area contributed by atoms with Crippen LogP contribution in [0.4, 0.5) is 0 Å². The minimum absolute atomic E-state index is 0.102. The lowest BCUT2D eigenvalue weighted by Crippen LogP contribution is -2.30. The van der Waals surface area contributed by atoms with Gasteiger partial charge in [0, 0.05) is 19.3 Å². The molecule has 0 aliphatic rings. The second-order valence-corrected chi connectivity index (χ2v) is 19.0. The van der Waals surface area contributed by atoms with E-state index in [-0.39, 0.29) is 31.1 Å². The Morgan fingerprint density at radius 1 is 0.286 bits per heavy atom. The van der Waals surface area contributed by atoms with Gasteiger partial charge in [0.1, 0.15) is 13.2 Å². The van der Waals surface area contributed by atoms with Gasteiger partial charge in [0.05, 0.1) is 0 Å². The summed E-state index contributed by atoms with van der Waals surface area (Å²) in [6.07, 6.45) is 77.7. The van der Waals surface area contributed by atoms with Gasteiger partial charge in [-0.15, -0.1) is 0 Å². The number of carbonyl (C=O) groups excluding carboxylic acids is 3. The van der Waals surface area contributed by atoms with Gasteiger partial charge in [-0.25, -0.2) is 0 Å². The standard InChI is InChI=1S/C64H106O6/c1-4-7-10-13-16-19-22-25-28-31-33-36-39-42-45-48-51-54-57-63(66)69-60-61(59-68-62(65)56-53-50-47-44-41-38-35-30-27-24-21-18-15-12-9-6-3)70-64(67)58-55-52-49-46-43-40-37-34-32-29-26-23-20-17-14-11-8-5-2/h16-17,19-20,22-23,25-26,28-37,61H,4-15,18,21,24,27,38-60H2,1-3H3/b19-16-,20-17-,25-22-,26-23-,31-28-,32-29-,35-30-,36-33-,37-34-. The van der Waals surface area contributed by atoms with Gasteiger partial charge < -0.3 is 14.2 Å². The molecule has 0 N–H and O–H groups in total. The second-order valence-electron chi connectivity index (χ2n) is 19.0. The lowest BCUT2D eigenvalue weighted by atomic mass is 10.1. The molecule has 0 aliphatic heterocycles. The fourth-order valence-corrected chi connectivity index (χ4v) is 7.75. The van der Waals surface area contributed by atoms with Gasteiger partial charge in [0.15, 0.2) is 6.10 Å². The summed E-state index contributed by atoms with van der Waals surface area (Å²) in [6.45, 7) is 6.52. The predicted octanol–water partition coefficient (Wildman–Crippen LogP) is 19.5. The first-order valence-corrected chi connectivity index (χ1v) is 29.0. The smallest absolute Gasteiger partial charge is 0.306 e. The number of ether oxygens (including phenoxy) is 3. The zero-order valence-electron chi connectivity index (χ0n) is 45.5. The van der Waals surface area contributed by atoms with E-state index in [4.69, 9.17) is 14.2 Å². The molecule has 1 unspecified atom stereocenters. The lowest BCUT2D eigenvalue weighted by molar-refractivity contribution is -0.167. The van der Waals surface area contributed by atoms with Crippen molar-refractivity contribution in [3.8, 4) is 0 Å². The molecule has 0 heterocycles. The van der Waals surface area contributed by atoms with E-state index >= 15 is 0 Å². The maximum atomic E-state index is 12.9. The zero-order valence-corrected chi connectivity index (χ0v) is 45.5. The molecule has 0 rings (SSSR count). The van der Waals surface area contributed by atoms with Crippen molar-refractivity contribution in [1.82, 2.24) is 0 Å². The van der Waals surface area contributed by atoms with Crippen LogP contribution in [0.2, 0.25) is 0 Å². The minimum Gasteiger partial charge on any atom is -0.462 e. The molecule has 0 saturated heterocycles. The first kappa shape index (κ1) is 66.1. The van der Waals surface area contributed by atoms with Crippen LogP contribution in [0, 0.1) is 0 Å². The van der Waals surface area contributed by atoms with Gasteiger partial charge in [-0.3, -0.25) is 14.4 Å². The molecule has 0 bridgehead atoms. The number of allylic oxidation sites excluding steroid dienone is 18. The molecule has 1 atom stereocenters. The Morgan fingerprint density at radius 2 is 0.529 bits per heavy atom. The number of hydrogen-bond donors (Lipinski definition) is 0. The summed E-state index contributed by atoms with van der Waals surface area (Å²) >= 11 is 0. The Balaban J connectivity index is 4.52. The fourth-order valence-electron chi connectivity index (χ4n) is 7.75. The molecule has 398 valence electrons. The van der Waals surface area contributed by atoms with Gasteiger partial charge in [0.25, 0.3) is 0 Å². The second kappa shape index (κ2) is 57.6. The van der Waals surface area contributed by atoms with Crippen LogP contribution >= 0.6 is 0 Å². The predicted molar refractivity (Wildman–Crippen MR) is 302 cm³/mol. The van der Waals surface area contributed by atoms with Crippen LogP contribution in [0.1, 0.15) is 258 Å². The molecule has 0 aromatic carbocycles. The molecule has 0 saturated carbocycles. The minimum atomic E-state index is -0.807. The van der Waals surface area contributed by atoms with Crippen molar-refractivity contribution >= 4 is 17.9 Å². The van der Waals surface area contributed by atoms with Crippen molar-refractivity contribution in [1.29, 1.82) is 0 Å². The number of hydrogen-bond acceptors (Lipinski definition) is 6. The van der Waals surface area contributed by atoms with Crippen LogP contribution in [0.25, 0.3) is 0 Å². The highest BCUT2D eigenvalue weighted by Gasteiger charge is 2.19. The van der Waals surface area contributed by atoms with Gasteiger partial charge >= 0.3 is 17.9 Å². The van der Waals surface area contributed by atoms with Crippen molar-refractivity contribution in [2.45, 2.75) is 264 Å². The third kappa shape index (κ3) is 55.0. The maximum Gasteiger partial charge on any atom is 0.306 e. The van der Waals surface area contributed by atoms with E-state index in [1.54, 1.807) is 0 Å². The Hall–Kier alpha value is -3.93. The van der Waals surface area contributed by atoms with Crippen molar-refractivity contribution < 1.29 is 28.6 Å². The summed E-state index contributed by atoms with van der Waals surface area (Å²) < 4.78 is 16.8. The van der Waals surface area contributed by atoms with E-state index in [9.17, 15) is 14.4 Å². The third-order valence-electron chi connectivity index (χ3n) is 12.2. The fraction of sp³-hybridized carbons (Fsp3) is 0.672. The molecule has 0 aromatic rings. The molecule has 6 heteroatoms. The van der Waals surface area contributed by atoms with E-state index in [0.29, 0.717) is 19.3 Å². The number of rotatable bonds is 51. The van der Waals surface area contributed by atoms with Gasteiger partial charge in [-0.05, 0) is 96.3 Å². The van der Waals surface area contributed by atoms with E-state index in [1.165, 1.54) is 96.3 Å². The van der Waals surface area contributed by atoms with E-state index in [1.807, 2.05) is 0 Å². The molecule has 0 aliphatic carbocycles. The van der Waals surface area contributed by atoms with Crippen LogP contribution < -0.4 is 0 Å². The molecule has 70 heavy (non-hydrogen) atoms. The summed E-state index contributed by atoms with van der Waals surface area (Å²) in [5, 5.41) is 0. The molecule has 0 radical (unpaired) electrons. The van der Waals surface area contributed by atoms with Gasteiger partial charge in [-0.2, -0.15) is 0 Å². The quantitative estimate of drug-likeness (QED) is 0.0199. The summed E-state index contributed by atoms with van der Waals surface area (Å²) in [6, 6.07) is 0. The summed E-state index contributed by atoms with van der Waals surface area (Å²) in [4.78, 5) is 38.2. The normalized spacial score (nSPS) is 12.9. The van der Waals surface area contributed by atoms with Crippen LogP contribution in [-0.4, -0.2) is 37.2 Å². The lowest BCUT2D eigenvalue weighted by Gasteiger charge is -2.18. The van der Waals surface area contributed by atoms with E-state index in [2.05, 4.69) is 130 Å². The molecule has 0 fully saturated rings. The summed E-state index contributed by atoms with van der Waals surface area (Å²) in [5.41, 5.74) is 0. The molecule has 6 nitrogen and oxygen atoms in total. The van der Waals surface area contributed by atoms with Crippen molar-refractivity contribution in [3.05, 3.63) is 109 Å². The number of esters is 3. The highest BCUT2D eigenvalue weighted by atomic mass is 16.6. The number of carbonyl (C=O) groups is 3. The summed E-state index contributed by atoms with van der Waals surface area (Å²) in [5.74, 6) is -0.954. The summed E-state index contributed by atoms with van der Waals surface area (Å²) in [7, 11) is 0. The van der Waals surface area contributed by atoms with Gasteiger partial charge in [0.2, 0.25) is 0 Å². The number of unbranched alkanes of at least 4 members (excludes halogenated alkanes) is 28. The largest absolute Gasteiger partial charge is 0.462 e. The van der Waals surface area contributed by atoms with E-state index < -0.39 is 6.10 Å². The maximum absolute atomic E-state index is 12.9. The average Bonchev–Trinajstić information content (AvgIpc) is 3.36. The van der Waals surface area contributed by atoms with Crippen LogP contribution in [0.15, 0.2) is 109 Å². The molecule has 0 amide bonds. The Kier molecular flexibility index (Phi) is 54.4. The molecule has 0 aromatic heterocycles. The highest BCUT2D eigenvalue weighted by Crippen LogP contribution is 2.14. The first-order chi connectivity index (χ1) is 34.5. The van der Waals surface area contributed by atoms with Crippen LogP contribution in [-0.2, 0) is 28.6 Å². The van der Waals surface area contributed by atoms with Crippen molar-refractivity contribution in [3.63, 3.8) is 0 Å². The molecular formula is C64H106O6. The first-order valence-electron chi connectivity index (χ1n) is 29.0. The van der Waals surface area contributed by atoms with Crippen LogP contribution in [0.3, 0.4) is 0 Å². The van der Waals surface area contributed by atoms with Crippen molar-refractivity contribution in [2.75, 3.05) is 13.2 Å². The van der Waals surface area contributed by atoms with Gasteiger partial charge in [-0.1, -0.05) is 252 Å². The third-order valence-corrected chi connectivity index (χ3v) is 12.2. The SMILES string of the molecule is CCCCC\C=C/C=C\C=C/C=C\CCCCCCCC(=O)OCC(COC(=O)CCCCCCC/C=C\CCCCCCCCC)OC(=O)CCCCCCC\C=C/C=C\C=C/C=C\CCCCC.